The molecule has 3 aromatic rings. The van der Waals surface area contributed by atoms with Gasteiger partial charge in [0.25, 0.3) is 5.91 Å². The van der Waals surface area contributed by atoms with Crippen molar-refractivity contribution in [2.24, 2.45) is 0 Å². The summed E-state index contributed by atoms with van der Waals surface area (Å²) in [5.74, 6) is 0.289. The van der Waals surface area contributed by atoms with Crippen LogP contribution < -0.4 is 4.74 Å². The van der Waals surface area contributed by atoms with Crippen molar-refractivity contribution in [3.8, 4) is 22.5 Å². The highest BCUT2D eigenvalue weighted by Crippen LogP contribution is 2.24. The van der Waals surface area contributed by atoms with Gasteiger partial charge in [-0.2, -0.15) is 10.4 Å². The van der Waals surface area contributed by atoms with Gasteiger partial charge in [0.15, 0.2) is 5.69 Å². The van der Waals surface area contributed by atoms with Gasteiger partial charge in [-0.05, 0) is 23.6 Å². The Morgan fingerprint density at radius 2 is 2.35 bits per heavy atom. The van der Waals surface area contributed by atoms with Gasteiger partial charge in [-0.3, -0.25) is 9.89 Å². The number of aromatic amines is 1. The molecule has 1 aliphatic heterocycles. The molecule has 7 nitrogen and oxygen atoms in total. The summed E-state index contributed by atoms with van der Waals surface area (Å²) in [6.45, 7) is 1.07. The molecule has 4 heterocycles. The van der Waals surface area contributed by atoms with E-state index in [1.54, 1.807) is 40.6 Å². The second-order valence-electron chi connectivity index (χ2n) is 5.92. The molecule has 3 aromatic heterocycles. The molecule has 4 rings (SSSR count). The zero-order chi connectivity index (χ0) is 17.9. The molecule has 0 bridgehead atoms. The van der Waals surface area contributed by atoms with Gasteiger partial charge in [-0.25, -0.2) is 4.98 Å². The second-order valence-corrected chi connectivity index (χ2v) is 6.87. The summed E-state index contributed by atoms with van der Waals surface area (Å²) in [4.78, 5) is 19.6. The Labute approximate surface area is 153 Å². The summed E-state index contributed by atoms with van der Waals surface area (Å²) < 4.78 is 5.82. The minimum atomic E-state index is -0.142. The molecule has 0 aliphatic carbocycles. The van der Waals surface area contributed by atoms with Gasteiger partial charge in [0.2, 0.25) is 5.88 Å². The first-order chi connectivity index (χ1) is 12.7. The quantitative estimate of drug-likeness (QED) is 0.767. The number of aromatic nitrogens is 3. The van der Waals surface area contributed by atoms with Crippen LogP contribution in [0.4, 0.5) is 0 Å². The fourth-order valence-electron chi connectivity index (χ4n) is 2.87. The molecule has 1 saturated heterocycles. The molecule has 1 N–H and O–H groups in total. The first-order valence-corrected chi connectivity index (χ1v) is 9.02. The van der Waals surface area contributed by atoms with Crippen LogP contribution in [0.25, 0.3) is 10.6 Å². The van der Waals surface area contributed by atoms with E-state index in [1.165, 1.54) is 0 Å². The largest absolute Gasteiger partial charge is 0.472 e. The van der Waals surface area contributed by atoms with Crippen molar-refractivity contribution in [3.63, 3.8) is 0 Å². The maximum Gasteiger partial charge on any atom is 0.274 e. The molecule has 130 valence electrons. The summed E-state index contributed by atoms with van der Waals surface area (Å²) in [6.07, 6.45) is 2.12. The SMILES string of the molecule is N#Cc1ccnc(OC2CCN(C(=O)c3cc(-c4cccs4)[nH]n3)C2)c1. The van der Waals surface area contributed by atoms with E-state index in [9.17, 15) is 4.79 Å². The van der Waals surface area contributed by atoms with E-state index in [0.29, 0.717) is 36.6 Å². The van der Waals surface area contributed by atoms with E-state index in [0.717, 1.165) is 10.6 Å². The van der Waals surface area contributed by atoms with E-state index < -0.39 is 0 Å². The molecule has 0 radical (unpaired) electrons. The molecule has 8 heteroatoms. The molecule has 0 spiro atoms. The van der Waals surface area contributed by atoms with Crippen LogP contribution in [0.2, 0.25) is 0 Å². The summed E-state index contributed by atoms with van der Waals surface area (Å²) in [6, 6.07) is 11.0. The molecule has 1 amide bonds. The monoisotopic (exact) mass is 365 g/mol. The third-order valence-electron chi connectivity index (χ3n) is 4.17. The molecular formula is C18H15N5O2S. The number of hydrogen-bond donors (Lipinski definition) is 1. The zero-order valence-electron chi connectivity index (χ0n) is 13.8. The van der Waals surface area contributed by atoms with Gasteiger partial charge >= 0.3 is 0 Å². The Morgan fingerprint density at radius 3 is 3.15 bits per heavy atom. The van der Waals surface area contributed by atoms with Crippen LogP contribution in [0, 0.1) is 11.3 Å². The smallest absolute Gasteiger partial charge is 0.274 e. The lowest BCUT2D eigenvalue weighted by Crippen LogP contribution is -2.31. The second kappa shape index (κ2) is 6.98. The number of ether oxygens (including phenoxy) is 1. The van der Waals surface area contributed by atoms with Gasteiger partial charge < -0.3 is 9.64 Å². The molecule has 1 unspecified atom stereocenters. The highest BCUT2D eigenvalue weighted by atomic mass is 32.1. The number of H-pyrrole nitrogens is 1. The maximum absolute atomic E-state index is 12.7. The van der Waals surface area contributed by atoms with Crippen molar-refractivity contribution in [3.05, 3.63) is 53.2 Å². The van der Waals surface area contributed by atoms with Crippen LogP contribution in [0.5, 0.6) is 5.88 Å². The summed E-state index contributed by atoms with van der Waals surface area (Å²) in [5, 5.41) is 18.0. The van der Waals surface area contributed by atoms with Gasteiger partial charge in [0, 0.05) is 25.2 Å². The van der Waals surface area contributed by atoms with Crippen molar-refractivity contribution in [2.75, 3.05) is 13.1 Å². The molecule has 1 fully saturated rings. The zero-order valence-corrected chi connectivity index (χ0v) is 14.6. The van der Waals surface area contributed by atoms with Crippen LogP contribution in [0.1, 0.15) is 22.5 Å². The van der Waals surface area contributed by atoms with E-state index in [1.807, 2.05) is 17.5 Å². The Kier molecular flexibility index (Phi) is 4.37. The first kappa shape index (κ1) is 16.3. The first-order valence-electron chi connectivity index (χ1n) is 8.14. The standard InChI is InChI=1S/C18H15N5O2S/c19-10-12-3-5-20-17(8-12)25-13-4-6-23(11-13)18(24)15-9-14(21-22-15)16-2-1-7-26-16/h1-3,5,7-9,13H,4,6,11H2,(H,21,22). The van der Waals surface area contributed by atoms with Crippen molar-refractivity contribution >= 4 is 17.2 Å². The van der Waals surface area contributed by atoms with Crippen LogP contribution >= 0.6 is 11.3 Å². The number of carbonyl (C=O) groups is 1. The third kappa shape index (κ3) is 3.30. The molecule has 0 saturated carbocycles. The van der Waals surface area contributed by atoms with E-state index in [-0.39, 0.29) is 12.0 Å². The molecule has 26 heavy (non-hydrogen) atoms. The predicted molar refractivity (Wildman–Crippen MR) is 95.8 cm³/mol. The number of rotatable bonds is 4. The minimum Gasteiger partial charge on any atom is -0.472 e. The number of pyridine rings is 1. The van der Waals surface area contributed by atoms with Crippen LogP contribution in [-0.4, -0.2) is 45.2 Å². The Hall–Kier alpha value is -3.18. The lowest BCUT2D eigenvalue weighted by Gasteiger charge is -2.15. The lowest BCUT2D eigenvalue weighted by molar-refractivity contribution is 0.0765. The van der Waals surface area contributed by atoms with Crippen LogP contribution in [0.3, 0.4) is 0 Å². The maximum atomic E-state index is 12.7. The number of nitriles is 1. The average Bonchev–Trinajstić information content (AvgIpc) is 3.41. The summed E-state index contributed by atoms with van der Waals surface area (Å²) >= 11 is 1.59. The number of thiophene rings is 1. The van der Waals surface area contributed by atoms with Gasteiger partial charge in [-0.15, -0.1) is 11.3 Å². The molecule has 1 aliphatic rings. The normalized spacial score (nSPS) is 16.4. The van der Waals surface area contributed by atoms with Gasteiger partial charge in [-0.1, -0.05) is 6.07 Å². The van der Waals surface area contributed by atoms with Crippen molar-refractivity contribution in [1.82, 2.24) is 20.1 Å². The average molecular weight is 365 g/mol. The number of hydrogen-bond acceptors (Lipinski definition) is 6. The third-order valence-corrected chi connectivity index (χ3v) is 5.07. The van der Waals surface area contributed by atoms with E-state index >= 15 is 0 Å². The Morgan fingerprint density at radius 1 is 1.42 bits per heavy atom. The number of amides is 1. The summed E-state index contributed by atoms with van der Waals surface area (Å²) in [7, 11) is 0. The molecule has 0 aromatic carbocycles. The van der Waals surface area contributed by atoms with Crippen LogP contribution in [0.15, 0.2) is 41.9 Å². The molecular weight excluding hydrogens is 350 g/mol. The fourth-order valence-corrected chi connectivity index (χ4v) is 3.57. The van der Waals surface area contributed by atoms with Crippen molar-refractivity contribution in [2.45, 2.75) is 12.5 Å². The Balaban J connectivity index is 1.40. The van der Waals surface area contributed by atoms with Crippen molar-refractivity contribution in [1.29, 1.82) is 5.26 Å². The molecule has 1 atom stereocenters. The highest BCUT2D eigenvalue weighted by molar-refractivity contribution is 7.13. The van der Waals surface area contributed by atoms with Crippen molar-refractivity contribution < 1.29 is 9.53 Å². The van der Waals surface area contributed by atoms with E-state index in [4.69, 9.17) is 10.00 Å². The number of nitrogens with zero attached hydrogens (tertiary/aromatic N) is 4. The fraction of sp³-hybridized carbons (Fsp3) is 0.222. The predicted octanol–water partition coefficient (Wildman–Crippen LogP) is 2.70. The van der Waals surface area contributed by atoms with Crippen LogP contribution in [-0.2, 0) is 0 Å². The van der Waals surface area contributed by atoms with Gasteiger partial charge in [0.05, 0.1) is 28.7 Å². The number of carbonyl (C=O) groups excluding carboxylic acids is 1. The number of nitrogens with one attached hydrogen (secondary N) is 1. The van der Waals surface area contributed by atoms with Gasteiger partial charge in [0.1, 0.15) is 6.10 Å². The number of likely N-dealkylation sites (tertiary alicyclic amines) is 1. The minimum absolute atomic E-state index is 0.117. The highest BCUT2D eigenvalue weighted by Gasteiger charge is 2.30. The summed E-state index contributed by atoms with van der Waals surface area (Å²) in [5.41, 5.74) is 1.74. The lowest BCUT2D eigenvalue weighted by atomic mass is 10.3. The van der Waals surface area contributed by atoms with E-state index in [2.05, 4.69) is 21.3 Å². The topological polar surface area (TPSA) is 94.9 Å². The Bertz CT molecular complexity index is 960.